The van der Waals surface area contributed by atoms with Crippen molar-refractivity contribution >= 4 is 22.9 Å². The molecule has 1 atom stereocenters. The van der Waals surface area contributed by atoms with Gasteiger partial charge in [0, 0.05) is 42.8 Å². The number of nitrogens with zero attached hydrogens (tertiary/aromatic N) is 1. The summed E-state index contributed by atoms with van der Waals surface area (Å²) in [6.07, 6.45) is 1.67. The fraction of sp³-hybridized carbons (Fsp3) is 0.318. The second-order valence-electron chi connectivity index (χ2n) is 7.21. The van der Waals surface area contributed by atoms with Crippen molar-refractivity contribution in [2.45, 2.75) is 19.5 Å². The summed E-state index contributed by atoms with van der Waals surface area (Å²) in [6, 6.07) is 13.4. The molecular formula is C22H24FN3O2. The molecule has 0 aliphatic carbocycles. The van der Waals surface area contributed by atoms with Crippen LogP contribution in [-0.4, -0.2) is 43.2 Å². The predicted octanol–water partition coefficient (Wildman–Crippen LogP) is 3.82. The third-order valence-electron chi connectivity index (χ3n) is 5.16. The van der Waals surface area contributed by atoms with Crippen LogP contribution in [0.15, 0.2) is 48.7 Å². The van der Waals surface area contributed by atoms with E-state index < -0.39 is 6.17 Å². The van der Waals surface area contributed by atoms with E-state index in [4.69, 9.17) is 4.74 Å². The molecule has 2 aromatic rings. The molecule has 0 spiro atoms. The van der Waals surface area contributed by atoms with E-state index in [9.17, 15) is 9.18 Å². The van der Waals surface area contributed by atoms with Crippen LogP contribution in [0.5, 0.6) is 5.75 Å². The topological polar surface area (TPSA) is 53.6 Å². The van der Waals surface area contributed by atoms with Crippen molar-refractivity contribution in [2.75, 3.05) is 36.9 Å². The number of halogens is 1. The molecule has 28 heavy (non-hydrogen) atoms. The van der Waals surface area contributed by atoms with Crippen molar-refractivity contribution in [3.63, 3.8) is 0 Å². The Morgan fingerprint density at radius 2 is 2.11 bits per heavy atom. The second kappa shape index (κ2) is 8.02. The maximum atomic E-state index is 13.2. The molecule has 2 aromatic carbocycles. The Balaban J connectivity index is 1.34. The molecule has 0 bridgehead atoms. The zero-order valence-corrected chi connectivity index (χ0v) is 15.9. The molecule has 1 saturated heterocycles. The number of carbonyl (C=O) groups is 1. The molecule has 6 heteroatoms. The first-order chi connectivity index (χ1) is 13.6. The number of carbonyl (C=O) groups excluding carboxylic acids is 1. The zero-order chi connectivity index (χ0) is 19.5. The molecule has 1 fully saturated rings. The average Bonchev–Trinajstić information content (AvgIpc) is 3.24. The van der Waals surface area contributed by atoms with Gasteiger partial charge < -0.3 is 15.4 Å². The Labute approximate surface area is 164 Å². The Morgan fingerprint density at radius 1 is 1.29 bits per heavy atom. The third kappa shape index (κ3) is 4.02. The monoisotopic (exact) mass is 381 g/mol. The van der Waals surface area contributed by atoms with Gasteiger partial charge in [-0.25, -0.2) is 4.39 Å². The van der Waals surface area contributed by atoms with Gasteiger partial charge in [-0.15, -0.1) is 0 Å². The number of fused-ring (bicyclic) bond motifs is 1. The number of likely N-dealkylation sites (tertiary alicyclic amines) is 1. The van der Waals surface area contributed by atoms with Crippen LogP contribution in [0.3, 0.4) is 0 Å². The minimum absolute atomic E-state index is 0.103. The number of nitrogens with one attached hydrogen (secondary N) is 2. The lowest BCUT2D eigenvalue weighted by Gasteiger charge is -2.15. The van der Waals surface area contributed by atoms with E-state index in [1.807, 2.05) is 49.4 Å². The molecule has 146 valence electrons. The van der Waals surface area contributed by atoms with E-state index in [1.54, 1.807) is 6.20 Å². The summed E-state index contributed by atoms with van der Waals surface area (Å²) >= 11 is 0. The normalized spacial score (nSPS) is 20.3. The van der Waals surface area contributed by atoms with E-state index in [1.165, 1.54) is 0 Å². The molecule has 1 unspecified atom stereocenters. The van der Waals surface area contributed by atoms with Crippen molar-refractivity contribution in [3.05, 3.63) is 59.8 Å². The molecule has 0 saturated carbocycles. The Hall–Kier alpha value is -2.86. The van der Waals surface area contributed by atoms with Crippen molar-refractivity contribution in [1.82, 2.24) is 4.90 Å². The fourth-order valence-electron chi connectivity index (χ4n) is 3.65. The number of hydrogen-bond donors (Lipinski definition) is 2. The minimum Gasteiger partial charge on any atom is -0.492 e. The smallest absolute Gasteiger partial charge is 0.257 e. The van der Waals surface area contributed by atoms with Gasteiger partial charge in [-0.05, 0) is 49.2 Å². The van der Waals surface area contributed by atoms with Crippen molar-refractivity contribution in [3.8, 4) is 5.75 Å². The molecule has 2 aliphatic rings. The van der Waals surface area contributed by atoms with Crippen LogP contribution in [0.1, 0.15) is 17.5 Å². The first kappa shape index (κ1) is 18.5. The van der Waals surface area contributed by atoms with Gasteiger partial charge in [0.1, 0.15) is 18.5 Å². The van der Waals surface area contributed by atoms with Gasteiger partial charge in [0.15, 0.2) is 0 Å². The lowest BCUT2D eigenvalue weighted by molar-refractivity contribution is -0.110. The van der Waals surface area contributed by atoms with Gasteiger partial charge in [-0.3, -0.25) is 9.69 Å². The van der Waals surface area contributed by atoms with Crippen LogP contribution in [0.4, 0.5) is 15.8 Å². The maximum Gasteiger partial charge on any atom is 0.257 e. The SMILES string of the molecule is Cc1cccc2c1/C(=C\Nc1ccc(OCCN3CCC(F)C3)cc1)C(=O)N2. The average molecular weight is 381 g/mol. The summed E-state index contributed by atoms with van der Waals surface area (Å²) < 4.78 is 18.9. The summed E-state index contributed by atoms with van der Waals surface area (Å²) in [5.74, 6) is 0.670. The molecular weight excluding hydrogens is 357 g/mol. The summed E-state index contributed by atoms with van der Waals surface area (Å²) in [4.78, 5) is 14.3. The van der Waals surface area contributed by atoms with Gasteiger partial charge in [0.2, 0.25) is 0 Å². The summed E-state index contributed by atoms with van der Waals surface area (Å²) in [7, 11) is 0. The standard InChI is InChI=1S/C22H24FN3O2/c1-15-3-2-4-20-21(15)19(22(27)25-20)13-24-17-5-7-18(8-6-17)28-12-11-26-10-9-16(23)14-26/h2-8,13,16,24H,9-12,14H2,1H3,(H,25,27)/b19-13+. The van der Waals surface area contributed by atoms with Crippen LogP contribution in [0, 0.1) is 6.92 Å². The van der Waals surface area contributed by atoms with E-state index in [0.717, 1.165) is 41.3 Å². The van der Waals surface area contributed by atoms with Gasteiger partial charge in [0.25, 0.3) is 5.91 Å². The van der Waals surface area contributed by atoms with Crippen LogP contribution in [0.25, 0.3) is 5.57 Å². The van der Waals surface area contributed by atoms with Crippen LogP contribution in [0.2, 0.25) is 0 Å². The Kier molecular flexibility index (Phi) is 5.30. The number of hydrogen-bond acceptors (Lipinski definition) is 4. The quantitative estimate of drug-likeness (QED) is 0.747. The van der Waals surface area contributed by atoms with Crippen LogP contribution < -0.4 is 15.4 Å². The van der Waals surface area contributed by atoms with Gasteiger partial charge in [-0.2, -0.15) is 0 Å². The lowest BCUT2D eigenvalue weighted by atomic mass is 10.0. The molecule has 1 amide bonds. The van der Waals surface area contributed by atoms with Crippen LogP contribution in [-0.2, 0) is 4.79 Å². The summed E-state index contributed by atoms with van der Waals surface area (Å²) in [5, 5.41) is 6.08. The number of amides is 1. The second-order valence-corrected chi connectivity index (χ2v) is 7.21. The molecule has 0 radical (unpaired) electrons. The molecule has 2 aliphatic heterocycles. The molecule has 4 rings (SSSR count). The van der Waals surface area contributed by atoms with Gasteiger partial charge >= 0.3 is 0 Å². The molecule has 2 heterocycles. The lowest BCUT2D eigenvalue weighted by Crippen LogP contribution is -2.26. The summed E-state index contributed by atoms with van der Waals surface area (Å²) in [5.41, 5.74) is 4.35. The van der Waals surface area contributed by atoms with Crippen molar-refractivity contribution in [2.24, 2.45) is 0 Å². The van der Waals surface area contributed by atoms with Crippen molar-refractivity contribution < 1.29 is 13.9 Å². The maximum absolute atomic E-state index is 13.2. The first-order valence-electron chi connectivity index (χ1n) is 9.57. The Bertz CT molecular complexity index is 895. The molecule has 5 nitrogen and oxygen atoms in total. The highest BCUT2D eigenvalue weighted by Crippen LogP contribution is 2.34. The number of anilines is 2. The molecule has 2 N–H and O–H groups in total. The number of alkyl halides is 1. The van der Waals surface area contributed by atoms with Crippen molar-refractivity contribution in [1.29, 1.82) is 0 Å². The Morgan fingerprint density at radius 3 is 2.86 bits per heavy atom. The third-order valence-corrected chi connectivity index (χ3v) is 5.16. The zero-order valence-electron chi connectivity index (χ0n) is 15.9. The summed E-state index contributed by atoms with van der Waals surface area (Å²) in [6.45, 7) is 4.59. The predicted molar refractivity (Wildman–Crippen MR) is 109 cm³/mol. The molecule has 0 aromatic heterocycles. The number of benzene rings is 2. The fourth-order valence-corrected chi connectivity index (χ4v) is 3.65. The highest BCUT2D eigenvalue weighted by Gasteiger charge is 2.25. The minimum atomic E-state index is -0.697. The highest BCUT2D eigenvalue weighted by atomic mass is 19.1. The van der Waals surface area contributed by atoms with Gasteiger partial charge in [0.05, 0.1) is 5.57 Å². The highest BCUT2D eigenvalue weighted by molar-refractivity contribution is 6.32. The first-order valence-corrected chi connectivity index (χ1v) is 9.57. The van der Waals surface area contributed by atoms with Crippen LogP contribution >= 0.6 is 0 Å². The van der Waals surface area contributed by atoms with E-state index in [0.29, 0.717) is 25.1 Å². The largest absolute Gasteiger partial charge is 0.492 e. The van der Waals surface area contributed by atoms with E-state index in [2.05, 4.69) is 15.5 Å². The number of aryl methyl sites for hydroxylation is 1. The van der Waals surface area contributed by atoms with Gasteiger partial charge in [-0.1, -0.05) is 12.1 Å². The van der Waals surface area contributed by atoms with E-state index >= 15 is 0 Å². The van der Waals surface area contributed by atoms with E-state index in [-0.39, 0.29) is 5.91 Å². The number of ether oxygens (including phenoxy) is 1. The number of rotatable bonds is 6.